The summed E-state index contributed by atoms with van der Waals surface area (Å²) in [5.74, 6) is 2.61. The van der Waals surface area contributed by atoms with E-state index in [-0.39, 0.29) is 0 Å². The second-order valence-corrected chi connectivity index (χ2v) is 2.55. The van der Waals surface area contributed by atoms with Crippen molar-refractivity contribution < 1.29 is 8.63 Å². The van der Waals surface area contributed by atoms with Gasteiger partial charge in [-0.3, -0.25) is 8.63 Å². The SMILES string of the molecule is FB1C=C2C=NB(F)C=C2C=N1. The maximum Gasteiger partial charge on any atom is 0.505 e. The van der Waals surface area contributed by atoms with E-state index in [4.69, 9.17) is 0 Å². The van der Waals surface area contributed by atoms with Gasteiger partial charge in [0, 0.05) is 12.4 Å². The topological polar surface area (TPSA) is 24.7 Å². The van der Waals surface area contributed by atoms with Gasteiger partial charge in [-0.05, 0) is 23.1 Å². The molecular weight excluding hydrogens is 160 g/mol. The Kier molecular flexibility index (Phi) is 1.67. The van der Waals surface area contributed by atoms with Crippen LogP contribution in [0.2, 0.25) is 0 Å². The van der Waals surface area contributed by atoms with Crippen molar-refractivity contribution in [3.05, 3.63) is 23.1 Å². The summed E-state index contributed by atoms with van der Waals surface area (Å²) in [4.78, 5) is 6.97. The number of halogens is 2. The van der Waals surface area contributed by atoms with Gasteiger partial charge in [0.1, 0.15) is 0 Å². The van der Waals surface area contributed by atoms with E-state index in [0.29, 0.717) is 11.1 Å². The van der Waals surface area contributed by atoms with Crippen LogP contribution in [0.4, 0.5) is 8.63 Å². The molecule has 0 saturated heterocycles. The number of allylic oxidation sites excluding steroid dienone is 2. The second kappa shape index (κ2) is 2.69. The van der Waals surface area contributed by atoms with Crippen LogP contribution in [0, 0.1) is 0 Å². The van der Waals surface area contributed by atoms with Crippen molar-refractivity contribution in [2.45, 2.75) is 0 Å². The number of rotatable bonds is 0. The fourth-order valence-electron chi connectivity index (χ4n) is 1.11. The quantitative estimate of drug-likeness (QED) is 0.477. The first-order valence-electron chi connectivity index (χ1n) is 3.54. The van der Waals surface area contributed by atoms with Crippen LogP contribution in [0.1, 0.15) is 0 Å². The van der Waals surface area contributed by atoms with Crippen LogP contribution >= 0.6 is 0 Å². The third-order valence-electron chi connectivity index (χ3n) is 1.68. The van der Waals surface area contributed by atoms with Gasteiger partial charge < -0.3 is 9.81 Å². The van der Waals surface area contributed by atoms with E-state index in [1.165, 1.54) is 24.4 Å². The number of fused-ring (bicyclic) bond motifs is 1. The molecule has 0 bridgehead atoms. The molecule has 2 aliphatic heterocycles. The summed E-state index contributed by atoms with van der Waals surface area (Å²) in [5, 5.41) is 0. The zero-order valence-corrected chi connectivity index (χ0v) is 6.11. The highest BCUT2D eigenvalue weighted by Gasteiger charge is 2.21. The van der Waals surface area contributed by atoms with E-state index in [9.17, 15) is 8.63 Å². The minimum absolute atomic E-state index is 0.603. The molecule has 12 heavy (non-hydrogen) atoms. The summed E-state index contributed by atoms with van der Waals surface area (Å²) >= 11 is 0. The van der Waals surface area contributed by atoms with E-state index >= 15 is 0 Å². The molecule has 0 aromatic heterocycles. The molecule has 58 valence electrons. The summed E-state index contributed by atoms with van der Waals surface area (Å²) in [7, 11) is -2.64. The molecule has 0 saturated carbocycles. The Bertz CT molecular complexity index is 290. The first-order chi connectivity index (χ1) is 5.75. The van der Waals surface area contributed by atoms with Gasteiger partial charge in [-0.15, -0.1) is 0 Å². The van der Waals surface area contributed by atoms with Crippen molar-refractivity contribution in [3.8, 4) is 0 Å². The molecule has 0 radical (unpaired) electrons. The lowest BCUT2D eigenvalue weighted by atomic mass is 9.75. The van der Waals surface area contributed by atoms with Crippen molar-refractivity contribution in [2.24, 2.45) is 9.81 Å². The Hall–Kier alpha value is -1.19. The smallest absolute Gasteiger partial charge is 0.308 e. The number of hydrogen-bond acceptors (Lipinski definition) is 2. The van der Waals surface area contributed by atoms with E-state index in [2.05, 4.69) is 9.81 Å². The lowest BCUT2D eigenvalue weighted by Crippen LogP contribution is -2.16. The maximum atomic E-state index is 12.6. The van der Waals surface area contributed by atoms with Gasteiger partial charge in [0.15, 0.2) is 0 Å². The van der Waals surface area contributed by atoms with Crippen LogP contribution in [0.5, 0.6) is 0 Å². The summed E-state index contributed by atoms with van der Waals surface area (Å²) < 4.78 is 25.2. The normalized spacial score (nSPS) is 20.5. The van der Waals surface area contributed by atoms with Crippen molar-refractivity contribution in [1.29, 1.82) is 0 Å². The zero-order chi connectivity index (χ0) is 8.55. The molecule has 0 spiro atoms. The van der Waals surface area contributed by atoms with Crippen LogP contribution in [-0.4, -0.2) is 26.7 Å². The highest BCUT2D eigenvalue weighted by molar-refractivity contribution is 6.62. The Morgan fingerprint density at radius 3 is 1.75 bits per heavy atom. The van der Waals surface area contributed by atoms with Crippen molar-refractivity contribution in [3.63, 3.8) is 0 Å². The summed E-state index contributed by atoms with van der Waals surface area (Å²) in [6.45, 7) is 0. The van der Waals surface area contributed by atoms with Crippen LogP contribution in [-0.2, 0) is 0 Å². The molecule has 2 heterocycles. The van der Waals surface area contributed by atoms with Gasteiger partial charge in [-0.1, -0.05) is 0 Å². The summed E-state index contributed by atoms with van der Waals surface area (Å²) in [6.07, 6.45) is 2.66. The molecule has 0 fully saturated rings. The zero-order valence-electron chi connectivity index (χ0n) is 6.11. The monoisotopic (exact) mass is 164 g/mol. The minimum atomic E-state index is -1.32. The molecular formula is C6H4B2F2N2. The molecule has 0 N–H and O–H groups in total. The third kappa shape index (κ3) is 1.24. The Morgan fingerprint density at radius 2 is 1.33 bits per heavy atom. The standard InChI is InChI=1S/C6H4B2F2N2/c9-7-1-5-3-12-8(10)2-6(5)4-11-7/h1-4H. The average Bonchev–Trinajstić information content (AvgIpc) is 2.05. The molecule has 0 aromatic carbocycles. The molecule has 0 unspecified atom stereocenters. The highest BCUT2D eigenvalue weighted by atomic mass is 19.1. The summed E-state index contributed by atoms with van der Waals surface area (Å²) in [5.41, 5.74) is 1.21. The largest absolute Gasteiger partial charge is 0.505 e. The average molecular weight is 164 g/mol. The predicted octanol–water partition coefficient (Wildman–Crippen LogP) is 1.00. The molecule has 2 rings (SSSR count). The predicted molar refractivity (Wildman–Crippen MR) is 46.9 cm³/mol. The van der Waals surface area contributed by atoms with Crippen molar-refractivity contribution >= 4 is 26.7 Å². The minimum Gasteiger partial charge on any atom is -0.308 e. The van der Waals surface area contributed by atoms with Gasteiger partial charge >= 0.3 is 14.2 Å². The van der Waals surface area contributed by atoms with E-state index < -0.39 is 14.2 Å². The molecule has 6 heteroatoms. The second-order valence-electron chi connectivity index (χ2n) is 2.55. The molecule has 2 aliphatic rings. The molecule has 2 nitrogen and oxygen atoms in total. The van der Waals surface area contributed by atoms with Crippen LogP contribution in [0.3, 0.4) is 0 Å². The third-order valence-corrected chi connectivity index (χ3v) is 1.68. The van der Waals surface area contributed by atoms with Gasteiger partial charge in [-0.25, -0.2) is 0 Å². The Morgan fingerprint density at radius 1 is 0.917 bits per heavy atom. The highest BCUT2D eigenvalue weighted by Crippen LogP contribution is 2.17. The Labute approximate surface area is 69.1 Å². The van der Waals surface area contributed by atoms with Crippen molar-refractivity contribution in [1.82, 2.24) is 0 Å². The lowest BCUT2D eigenvalue weighted by Gasteiger charge is -2.11. The van der Waals surface area contributed by atoms with Crippen LogP contribution < -0.4 is 0 Å². The number of hydrogen-bond donors (Lipinski definition) is 0. The van der Waals surface area contributed by atoms with Crippen molar-refractivity contribution in [2.75, 3.05) is 0 Å². The lowest BCUT2D eigenvalue weighted by molar-refractivity contribution is 0.840. The number of nitrogens with zero attached hydrogens (tertiary/aromatic N) is 2. The van der Waals surface area contributed by atoms with E-state index in [1.54, 1.807) is 0 Å². The fraction of sp³-hybridized carbons (Fsp3) is 0. The molecule has 0 atom stereocenters. The molecule has 0 aromatic rings. The van der Waals surface area contributed by atoms with Gasteiger partial charge in [0.05, 0.1) is 0 Å². The van der Waals surface area contributed by atoms with Gasteiger partial charge in [-0.2, -0.15) is 0 Å². The summed E-state index contributed by atoms with van der Waals surface area (Å²) in [6, 6.07) is 0. The first-order valence-corrected chi connectivity index (χ1v) is 3.54. The maximum absolute atomic E-state index is 12.6. The first kappa shape index (κ1) is 7.46. The van der Waals surface area contributed by atoms with Gasteiger partial charge in [0.25, 0.3) is 0 Å². The Balaban J connectivity index is 2.35. The molecule has 0 aliphatic carbocycles. The molecule has 0 amide bonds. The van der Waals surface area contributed by atoms with Gasteiger partial charge in [0.2, 0.25) is 0 Å². The van der Waals surface area contributed by atoms with E-state index in [0.717, 1.165) is 0 Å². The van der Waals surface area contributed by atoms with Crippen LogP contribution in [0.25, 0.3) is 0 Å². The van der Waals surface area contributed by atoms with E-state index in [1.807, 2.05) is 0 Å². The fourth-order valence-corrected chi connectivity index (χ4v) is 1.11. The van der Waals surface area contributed by atoms with Crippen LogP contribution in [0.15, 0.2) is 32.9 Å².